The van der Waals surface area contributed by atoms with Gasteiger partial charge >= 0.3 is 0 Å². The third-order valence-corrected chi connectivity index (χ3v) is 5.72. The predicted molar refractivity (Wildman–Crippen MR) is 121 cm³/mol. The van der Waals surface area contributed by atoms with E-state index in [2.05, 4.69) is 5.32 Å². The van der Waals surface area contributed by atoms with Crippen molar-refractivity contribution in [3.63, 3.8) is 0 Å². The number of halogens is 1. The summed E-state index contributed by atoms with van der Waals surface area (Å²) in [6.45, 7) is -0.0771. The molecular formula is C23H17ClN2O4S. The second kappa shape index (κ2) is 8.55. The van der Waals surface area contributed by atoms with Gasteiger partial charge in [0.1, 0.15) is 0 Å². The number of thiocarbonyl (C=S) groups is 1. The van der Waals surface area contributed by atoms with Gasteiger partial charge in [0.25, 0.3) is 17.7 Å². The molecule has 0 saturated carbocycles. The van der Waals surface area contributed by atoms with E-state index in [1.54, 1.807) is 48.5 Å². The van der Waals surface area contributed by atoms with Crippen molar-refractivity contribution in [1.29, 1.82) is 0 Å². The molecule has 6 nitrogen and oxygen atoms in total. The van der Waals surface area contributed by atoms with Crippen LogP contribution >= 0.6 is 23.8 Å². The van der Waals surface area contributed by atoms with Gasteiger partial charge < -0.3 is 10.4 Å². The summed E-state index contributed by atoms with van der Waals surface area (Å²) < 4.78 is 0. The quantitative estimate of drug-likeness (QED) is 0.533. The number of allylic oxidation sites excluding steroid dienone is 3. The van der Waals surface area contributed by atoms with Gasteiger partial charge in [-0.15, -0.1) is 0 Å². The molecule has 0 radical (unpaired) electrons. The van der Waals surface area contributed by atoms with E-state index in [4.69, 9.17) is 23.8 Å². The standard InChI is InChI=1S/C23H17ClN2O4S/c24-15-7-8-19(31)17(10-15)21(28)25-18-6-2-5-16-20(18)23(30)26(22(16)29)11-13-3-1-4-14(9-13)12-27/h1-7,9-10,27H,8,11-12H2,(H,25,28). The van der Waals surface area contributed by atoms with E-state index >= 15 is 0 Å². The summed E-state index contributed by atoms with van der Waals surface area (Å²) >= 11 is 11.2. The molecule has 8 heteroatoms. The summed E-state index contributed by atoms with van der Waals surface area (Å²) in [5.41, 5.74) is 2.26. The summed E-state index contributed by atoms with van der Waals surface area (Å²) in [4.78, 5) is 40.3. The lowest BCUT2D eigenvalue weighted by Gasteiger charge is -2.15. The first-order valence-corrected chi connectivity index (χ1v) is 10.3. The van der Waals surface area contributed by atoms with Crippen LogP contribution in [0.4, 0.5) is 5.69 Å². The summed E-state index contributed by atoms with van der Waals surface area (Å²) in [6.07, 6.45) is 3.59. The second-order valence-corrected chi connectivity index (χ2v) is 8.06. The lowest BCUT2D eigenvalue weighted by atomic mass is 10.0. The lowest BCUT2D eigenvalue weighted by molar-refractivity contribution is -0.112. The molecule has 0 aromatic heterocycles. The Hall–Kier alpha value is -3.13. The Kier molecular flexibility index (Phi) is 5.82. The first kappa shape index (κ1) is 21.1. The average molecular weight is 453 g/mol. The van der Waals surface area contributed by atoms with Crippen molar-refractivity contribution >= 4 is 52.1 Å². The average Bonchev–Trinajstić information content (AvgIpc) is 3.01. The van der Waals surface area contributed by atoms with Crippen LogP contribution in [0.3, 0.4) is 0 Å². The van der Waals surface area contributed by atoms with Crippen molar-refractivity contribution < 1.29 is 19.5 Å². The normalized spacial score (nSPS) is 15.5. The van der Waals surface area contributed by atoms with Gasteiger partial charge in [0.15, 0.2) is 0 Å². The third kappa shape index (κ3) is 4.07. The Balaban J connectivity index is 1.61. The summed E-state index contributed by atoms with van der Waals surface area (Å²) in [5, 5.41) is 12.4. The van der Waals surface area contributed by atoms with Crippen molar-refractivity contribution in [2.45, 2.75) is 19.6 Å². The van der Waals surface area contributed by atoms with E-state index in [9.17, 15) is 19.5 Å². The van der Waals surface area contributed by atoms with E-state index in [0.717, 1.165) is 4.90 Å². The minimum absolute atomic E-state index is 0.0587. The fraction of sp³-hybridized carbons (Fsp3) is 0.130. The van der Waals surface area contributed by atoms with Gasteiger partial charge in [-0.3, -0.25) is 19.3 Å². The Morgan fingerprint density at radius 3 is 2.65 bits per heavy atom. The van der Waals surface area contributed by atoms with Crippen LogP contribution in [0, 0.1) is 0 Å². The van der Waals surface area contributed by atoms with Crippen LogP contribution in [-0.2, 0) is 17.9 Å². The second-order valence-electron chi connectivity index (χ2n) is 7.13. The highest BCUT2D eigenvalue weighted by Gasteiger charge is 2.38. The maximum atomic E-state index is 13.1. The van der Waals surface area contributed by atoms with E-state index in [-0.39, 0.29) is 35.5 Å². The molecule has 0 fully saturated rings. The molecule has 31 heavy (non-hydrogen) atoms. The van der Waals surface area contributed by atoms with Crippen LogP contribution in [0.5, 0.6) is 0 Å². The Labute approximate surface area is 188 Å². The van der Waals surface area contributed by atoms with Gasteiger partial charge in [0, 0.05) is 16.3 Å². The molecule has 2 aromatic carbocycles. The molecule has 3 amide bonds. The number of aliphatic hydroxyl groups excluding tert-OH is 1. The topological polar surface area (TPSA) is 86.7 Å². The molecule has 4 rings (SSSR count). The molecule has 0 bridgehead atoms. The molecule has 1 aliphatic carbocycles. The largest absolute Gasteiger partial charge is 0.392 e. The number of fused-ring (bicyclic) bond motifs is 1. The van der Waals surface area contributed by atoms with E-state index in [1.807, 2.05) is 0 Å². The number of hydrogen-bond acceptors (Lipinski definition) is 5. The number of carbonyl (C=O) groups is 3. The number of imide groups is 1. The van der Waals surface area contributed by atoms with Crippen LogP contribution < -0.4 is 5.32 Å². The van der Waals surface area contributed by atoms with Crippen LogP contribution in [0.1, 0.15) is 38.3 Å². The summed E-state index contributed by atoms with van der Waals surface area (Å²) in [5.74, 6) is -1.42. The zero-order valence-corrected chi connectivity index (χ0v) is 17.8. The fourth-order valence-electron chi connectivity index (χ4n) is 3.55. The van der Waals surface area contributed by atoms with Crippen molar-refractivity contribution in [2.24, 2.45) is 0 Å². The maximum absolute atomic E-state index is 13.1. The molecule has 0 spiro atoms. The van der Waals surface area contributed by atoms with Gasteiger partial charge in [0.2, 0.25) is 0 Å². The minimum atomic E-state index is -0.497. The Morgan fingerprint density at radius 1 is 1.13 bits per heavy atom. The van der Waals surface area contributed by atoms with Gasteiger partial charge in [-0.2, -0.15) is 0 Å². The number of hydrogen-bond donors (Lipinski definition) is 2. The number of benzene rings is 2. The molecule has 0 unspecified atom stereocenters. The molecule has 1 aliphatic heterocycles. The van der Waals surface area contributed by atoms with Crippen molar-refractivity contribution in [2.75, 3.05) is 5.32 Å². The van der Waals surface area contributed by atoms with Crippen molar-refractivity contribution in [3.05, 3.63) is 87.5 Å². The third-order valence-electron chi connectivity index (χ3n) is 5.07. The zero-order valence-electron chi connectivity index (χ0n) is 16.2. The molecule has 156 valence electrons. The first-order chi connectivity index (χ1) is 14.9. The highest BCUT2D eigenvalue weighted by Crippen LogP contribution is 2.31. The number of amides is 3. The van der Waals surface area contributed by atoms with Crippen LogP contribution in [0.2, 0.25) is 0 Å². The molecular weight excluding hydrogens is 436 g/mol. The van der Waals surface area contributed by atoms with Gasteiger partial charge in [-0.05, 0) is 29.3 Å². The Morgan fingerprint density at radius 2 is 1.87 bits per heavy atom. The number of nitrogens with zero attached hydrogens (tertiary/aromatic N) is 1. The maximum Gasteiger partial charge on any atom is 0.263 e. The van der Waals surface area contributed by atoms with Gasteiger partial charge in [-0.1, -0.05) is 60.2 Å². The molecule has 0 saturated heterocycles. The predicted octanol–water partition coefficient (Wildman–Crippen LogP) is 3.74. The summed E-state index contributed by atoms with van der Waals surface area (Å²) in [7, 11) is 0. The smallest absolute Gasteiger partial charge is 0.263 e. The number of anilines is 1. The number of carbonyl (C=O) groups excluding carboxylic acids is 3. The minimum Gasteiger partial charge on any atom is -0.392 e. The zero-order chi connectivity index (χ0) is 22.1. The number of nitrogens with one attached hydrogen (secondary N) is 1. The van der Waals surface area contributed by atoms with E-state index in [0.29, 0.717) is 27.4 Å². The van der Waals surface area contributed by atoms with Crippen molar-refractivity contribution in [3.8, 4) is 0 Å². The number of aliphatic hydroxyl groups is 1. The highest BCUT2D eigenvalue weighted by molar-refractivity contribution is 7.81. The van der Waals surface area contributed by atoms with Gasteiger partial charge in [0.05, 0.1) is 35.5 Å². The molecule has 2 aliphatic rings. The molecule has 0 atom stereocenters. The van der Waals surface area contributed by atoms with Crippen LogP contribution in [0.25, 0.3) is 0 Å². The van der Waals surface area contributed by atoms with E-state index in [1.165, 1.54) is 6.08 Å². The Bertz CT molecular complexity index is 1200. The monoisotopic (exact) mass is 452 g/mol. The van der Waals surface area contributed by atoms with Crippen LogP contribution in [0.15, 0.2) is 65.2 Å². The SMILES string of the molecule is O=C(Nc1cccc2c1C(=O)N(Cc1cccc(CO)c1)C2=O)C1=CC(Cl)=CCC1=S. The first-order valence-electron chi connectivity index (χ1n) is 9.49. The molecule has 1 heterocycles. The molecule has 2 aromatic rings. The fourth-order valence-corrected chi connectivity index (χ4v) is 3.97. The number of rotatable bonds is 5. The van der Waals surface area contributed by atoms with Crippen LogP contribution in [-0.4, -0.2) is 32.6 Å². The molecule has 2 N–H and O–H groups in total. The highest BCUT2D eigenvalue weighted by atomic mass is 35.5. The summed E-state index contributed by atoms with van der Waals surface area (Å²) in [6, 6.07) is 11.8. The van der Waals surface area contributed by atoms with Gasteiger partial charge in [-0.25, -0.2) is 0 Å². The van der Waals surface area contributed by atoms with Crippen molar-refractivity contribution in [1.82, 2.24) is 4.90 Å². The lowest BCUT2D eigenvalue weighted by Crippen LogP contribution is -2.29. The van der Waals surface area contributed by atoms with E-state index < -0.39 is 17.7 Å².